The molecule has 106 valence electrons. The number of nitrogens with zero attached hydrogens (tertiary/aromatic N) is 2. The molecule has 4 heteroatoms. The van der Waals surface area contributed by atoms with E-state index in [1.54, 1.807) is 6.20 Å². The summed E-state index contributed by atoms with van der Waals surface area (Å²) >= 11 is 0. The Bertz CT molecular complexity index is 630. The summed E-state index contributed by atoms with van der Waals surface area (Å²) in [6.45, 7) is 10.5. The van der Waals surface area contributed by atoms with E-state index in [1.165, 1.54) is 5.56 Å². The van der Waals surface area contributed by atoms with Crippen molar-refractivity contribution in [2.45, 2.75) is 40.0 Å². The van der Waals surface area contributed by atoms with Crippen LogP contribution in [0.15, 0.2) is 24.4 Å². The maximum atomic E-state index is 5.86. The second-order valence-corrected chi connectivity index (χ2v) is 6.05. The maximum Gasteiger partial charge on any atom is 0.226 e. The van der Waals surface area contributed by atoms with E-state index >= 15 is 0 Å². The van der Waals surface area contributed by atoms with Gasteiger partial charge in [0.2, 0.25) is 11.8 Å². The molecule has 0 atom stereocenters. The summed E-state index contributed by atoms with van der Waals surface area (Å²) in [6.07, 6.45) is 1.66. The zero-order valence-corrected chi connectivity index (χ0v) is 12.7. The van der Waals surface area contributed by atoms with E-state index in [4.69, 9.17) is 10.5 Å². The lowest BCUT2D eigenvalue weighted by Crippen LogP contribution is -2.11. The zero-order valence-electron chi connectivity index (χ0n) is 12.7. The van der Waals surface area contributed by atoms with E-state index < -0.39 is 0 Å². The minimum atomic E-state index is 0.124. The first-order chi connectivity index (χ1) is 9.27. The van der Waals surface area contributed by atoms with Gasteiger partial charge >= 0.3 is 0 Å². The fourth-order valence-corrected chi connectivity index (χ4v) is 1.88. The lowest BCUT2D eigenvalue weighted by molar-refractivity contribution is 0.454. The summed E-state index contributed by atoms with van der Waals surface area (Å²) in [4.78, 5) is 8.06. The molecule has 1 aromatic carbocycles. The van der Waals surface area contributed by atoms with Gasteiger partial charge in [-0.05, 0) is 36.5 Å². The number of nitrogens with two attached hydrogens (primary N) is 1. The van der Waals surface area contributed by atoms with Crippen molar-refractivity contribution in [3.63, 3.8) is 0 Å². The smallest absolute Gasteiger partial charge is 0.226 e. The quantitative estimate of drug-likeness (QED) is 0.903. The fourth-order valence-electron chi connectivity index (χ4n) is 1.88. The summed E-state index contributed by atoms with van der Waals surface area (Å²) < 4.78 is 5.86. The average Bonchev–Trinajstić information content (AvgIpc) is 2.35. The Morgan fingerprint density at radius 3 is 2.40 bits per heavy atom. The van der Waals surface area contributed by atoms with E-state index in [-0.39, 0.29) is 11.4 Å². The molecule has 0 saturated heterocycles. The molecular weight excluding hydrogens is 250 g/mol. The summed E-state index contributed by atoms with van der Waals surface area (Å²) in [7, 11) is 0. The average molecular weight is 271 g/mol. The highest BCUT2D eigenvalue weighted by Crippen LogP contribution is 2.30. The van der Waals surface area contributed by atoms with Crippen molar-refractivity contribution in [1.82, 2.24) is 9.97 Å². The van der Waals surface area contributed by atoms with Crippen LogP contribution in [0, 0.1) is 13.8 Å². The van der Waals surface area contributed by atoms with E-state index in [0.717, 1.165) is 16.9 Å². The van der Waals surface area contributed by atoms with Crippen molar-refractivity contribution < 1.29 is 4.74 Å². The summed E-state index contributed by atoms with van der Waals surface area (Å²) in [5, 5.41) is 0. The number of aryl methyl sites for hydroxylation is 2. The summed E-state index contributed by atoms with van der Waals surface area (Å²) in [6, 6.07) is 6.21. The molecule has 0 unspecified atom stereocenters. The van der Waals surface area contributed by atoms with Gasteiger partial charge in [-0.25, -0.2) is 4.98 Å². The van der Waals surface area contributed by atoms with Crippen molar-refractivity contribution in [1.29, 1.82) is 0 Å². The van der Waals surface area contributed by atoms with Crippen molar-refractivity contribution in [3.05, 3.63) is 41.1 Å². The van der Waals surface area contributed by atoms with Crippen LogP contribution in [0.2, 0.25) is 0 Å². The van der Waals surface area contributed by atoms with Gasteiger partial charge in [0.1, 0.15) is 5.75 Å². The molecule has 0 radical (unpaired) electrons. The molecule has 2 N–H and O–H groups in total. The van der Waals surface area contributed by atoms with Gasteiger partial charge in [0.25, 0.3) is 0 Å². The Balaban J connectivity index is 2.33. The van der Waals surface area contributed by atoms with E-state index in [2.05, 4.69) is 42.9 Å². The molecule has 20 heavy (non-hydrogen) atoms. The molecule has 1 heterocycles. The minimum Gasteiger partial charge on any atom is -0.438 e. The number of nitrogen functional groups attached to an aromatic ring is 1. The van der Waals surface area contributed by atoms with Gasteiger partial charge in [-0.3, -0.25) is 0 Å². The van der Waals surface area contributed by atoms with Crippen LogP contribution in [0.25, 0.3) is 0 Å². The molecule has 0 aliphatic carbocycles. The Morgan fingerprint density at radius 2 is 1.80 bits per heavy atom. The number of hydrogen-bond acceptors (Lipinski definition) is 4. The molecule has 4 nitrogen and oxygen atoms in total. The third-order valence-corrected chi connectivity index (χ3v) is 3.19. The predicted molar refractivity (Wildman–Crippen MR) is 81.1 cm³/mol. The number of anilines is 1. The largest absolute Gasteiger partial charge is 0.438 e. The minimum absolute atomic E-state index is 0.124. The van der Waals surface area contributed by atoms with E-state index in [0.29, 0.717) is 5.88 Å². The third-order valence-electron chi connectivity index (χ3n) is 3.19. The molecule has 1 aromatic heterocycles. The first kappa shape index (κ1) is 14.3. The van der Waals surface area contributed by atoms with E-state index in [1.807, 2.05) is 19.9 Å². The lowest BCUT2D eigenvalue weighted by Gasteiger charge is -2.20. The fraction of sp³-hybridized carbons (Fsp3) is 0.375. The van der Waals surface area contributed by atoms with Crippen LogP contribution in [-0.2, 0) is 5.41 Å². The first-order valence-corrected chi connectivity index (χ1v) is 6.65. The van der Waals surface area contributed by atoms with Crippen molar-refractivity contribution in [2.75, 3.05) is 5.73 Å². The van der Waals surface area contributed by atoms with Crippen LogP contribution >= 0.6 is 0 Å². The van der Waals surface area contributed by atoms with Gasteiger partial charge in [0.05, 0.1) is 0 Å². The maximum absolute atomic E-state index is 5.86. The van der Waals surface area contributed by atoms with Gasteiger partial charge in [0.15, 0.2) is 0 Å². The molecule has 2 aromatic rings. The molecule has 0 bridgehead atoms. The number of aromatic nitrogens is 2. The van der Waals surface area contributed by atoms with Crippen LogP contribution in [0.3, 0.4) is 0 Å². The normalized spacial score (nSPS) is 11.4. The molecule has 0 spiro atoms. The number of hydrogen-bond donors (Lipinski definition) is 1. The van der Waals surface area contributed by atoms with Gasteiger partial charge in [0, 0.05) is 11.8 Å². The van der Waals surface area contributed by atoms with E-state index in [9.17, 15) is 0 Å². The predicted octanol–water partition coefficient (Wildman–Crippen LogP) is 3.77. The molecular formula is C16H21N3O. The molecule has 0 fully saturated rings. The van der Waals surface area contributed by atoms with Crippen molar-refractivity contribution in [2.24, 2.45) is 0 Å². The second-order valence-electron chi connectivity index (χ2n) is 6.05. The SMILES string of the molecule is Cc1cc(C(C)(C)C)ccc1Oc1nc(N)ncc1C. The van der Waals surface area contributed by atoms with Crippen LogP contribution in [-0.4, -0.2) is 9.97 Å². The highest BCUT2D eigenvalue weighted by Gasteiger charge is 2.15. The van der Waals surface area contributed by atoms with Gasteiger partial charge < -0.3 is 10.5 Å². The van der Waals surface area contributed by atoms with Crippen molar-refractivity contribution >= 4 is 5.95 Å². The lowest BCUT2D eigenvalue weighted by atomic mass is 9.86. The standard InChI is InChI=1S/C16H21N3O/c1-10-8-12(16(3,4)5)6-7-13(10)20-14-11(2)9-18-15(17)19-14/h6-9H,1-5H3,(H2,17,18,19). The van der Waals surface area contributed by atoms with Gasteiger partial charge in [-0.15, -0.1) is 0 Å². The molecule has 2 rings (SSSR count). The number of ether oxygens (including phenoxy) is 1. The summed E-state index contributed by atoms with van der Waals surface area (Å²) in [5.74, 6) is 1.51. The number of rotatable bonds is 2. The molecule has 0 amide bonds. The second kappa shape index (κ2) is 5.12. The Hall–Kier alpha value is -2.10. The zero-order chi connectivity index (χ0) is 14.9. The van der Waals surface area contributed by atoms with Crippen LogP contribution in [0.5, 0.6) is 11.6 Å². The van der Waals surface area contributed by atoms with Crippen LogP contribution < -0.4 is 10.5 Å². The van der Waals surface area contributed by atoms with Crippen LogP contribution in [0.1, 0.15) is 37.5 Å². The van der Waals surface area contributed by atoms with Gasteiger partial charge in [-0.2, -0.15) is 4.98 Å². The van der Waals surface area contributed by atoms with Gasteiger partial charge in [-0.1, -0.05) is 32.9 Å². The monoisotopic (exact) mass is 271 g/mol. The first-order valence-electron chi connectivity index (χ1n) is 6.65. The number of benzene rings is 1. The highest BCUT2D eigenvalue weighted by atomic mass is 16.5. The molecule has 0 aliphatic rings. The topological polar surface area (TPSA) is 61.0 Å². The van der Waals surface area contributed by atoms with Crippen molar-refractivity contribution in [3.8, 4) is 11.6 Å². The van der Waals surface area contributed by atoms with Crippen LogP contribution in [0.4, 0.5) is 5.95 Å². The summed E-state index contributed by atoms with van der Waals surface area (Å²) in [5.41, 5.74) is 8.94. The Morgan fingerprint density at radius 1 is 1.10 bits per heavy atom. The highest BCUT2D eigenvalue weighted by molar-refractivity contribution is 5.42. The Kier molecular flexibility index (Phi) is 3.66. The Labute approximate surface area is 120 Å². The third kappa shape index (κ3) is 3.07. The molecule has 0 saturated carbocycles. The molecule has 0 aliphatic heterocycles.